The number of anilines is 1. The van der Waals surface area contributed by atoms with Crippen molar-refractivity contribution in [2.24, 2.45) is 0 Å². The van der Waals surface area contributed by atoms with Gasteiger partial charge in [0.1, 0.15) is 24.1 Å². The highest BCUT2D eigenvalue weighted by Crippen LogP contribution is 2.32. The van der Waals surface area contributed by atoms with Crippen LogP contribution in [-0.4, -0.2) is 46.5 Å². The van der Waals surface area contributed by atoms with Crippen molar-refractivity contribution < 1.29 is 19.1 Å². The first kappa shape index (κ1) is 14.2. The molecule has 0 radical (unpaired) electrons. The lowest BCUT2D eigenvalue weighted by atomic mass is 10.2. The van der Waals surface area contributed by atoms with E-state index in [-0.39, 0.29) is 18.4 Å². The lowest BCUT2D eigenvalue weighted by molar-refractivity contribution is -0.127. The van der Waals surface area contributed by atoms with E-state index in [2.05, 4.69) is 5.32 Å². The van der Waals surface area contributed by atoms with Crippen LogP contribution >= 0.6 is 24.0 Å². The second-order valence-corrected chi connectivity index (χ2v) is 6.05. The molecule has 0 unspecified atom stereocenters. The molecule has 2 aliphatic heterocycles. The van der Waals surface area contributed by atoms with Gasteiger partial charge in [0.15, 0.2) is 11.5 Å². The third-order valence-electron chi connectivity index (χ3n) is 2.97. The van der Waals surface area contributed by atoms with E-state index < -0.39 is 0 Å². The van der Waals surface area contributed by atoms with Gasteiger partial charge in [-0.05, 0) is 12.1 Å². The van der Waals surface area contributed by atoms with Gasteiger partial charge in [0.2, 0.25) is 11.8 Å². The van der Waals surface area contributed by atoms with Crippen LogP contribution in [0.2, 0.25) is 0 Å². The Kier molecular flexibility index (Phi) is 3.98. The highest BCUT2D eigenvalue weighted by molar-refractivity contribution is 8.23. The normalized spacial score (nSPS) is 17.0. The Labute approximate surface area is 130 Å². The molecule has 1 aromatic rings. The number of hydrogen-bond donors (Lipinski definition) is 1. The lowest BCUT2D eigenvalue weighted by Crippen LogP contribution is -2.36. The maximum absolute atomic E-state index is 12.0. The second kappa shape index (κ2) is 5.90. The Bertz CT molecular complexity index is 604. The van der Waals surface area contributed by atoms with Crippen LogP contribution in [0.25, 0.3) is 0 Å². The van der Waals surface area contributed by atoms with Crippen molar-refractivity contribution in [2.45, 2.75) is 0 Å². The summed E-state index contributed by atoms with van der Waals surface area (Å²) in [7, 11) is 0. The minimum absolute atomic E-state index is 0.0703. The molecular weight excluding hydrogens is 312 g/mol. The Morgan fingerprint density at radius 1 is 1.33 bits per heavy atom. The molecule has 1 fully saturated rings. The summed E-state index contributed by atoms with van der Waals surface area (Å²) in [4.78, 5) is 24.9. The van der Waals surface area contributed by atoms with Crippen LogP contribution in [-0.2, 0) is 9.59 Å². The van der Waals surface area contributed by atoms with Gasteiger partial charge in [0.25, 0.3) is 0 Å². The summed E-state index contributed by atoms with van der Waals surface area (Å²) in [6, 6.07) is 5.17. The van der Waals surface area contributed by atoms with Gasteiger partial charge in [0.05, 0.1) is 5.75 Å². The molecule has 1 saturated heterocycles. The molecule has 0 saturated carbocycles. The molecule has 1 N–H and O–H groups in total. The van der Waals surface area contributed by atoms with Gasteiger partial charge in [-0.25, -0.2) is 0 Å². The van der Waals surface area contributed by atoms with Crippen LogP contribution in [0.15, 0.2) is 18.2 Å². The van der Waals surface area contributed by atoms with Crippen molar-refractivity contribution in [3.63, 3.8) is 0 Å². The fourth-order valence-corrected chi connectivity index (χ4v) is 3.07. The highest BCUT2D eigenvalue weighted by Gasteiger charge is 2.28. The summed E-state index contributed by atoms with van der Waals surface area (Å²) in [5.74, 6) is 1.12. The van der Waals surface area contributed by atoms with Gasteiger partial charge >= 0.3 is 0 Å². The zero-order valence-corrected chi connectivity index (χ0v) is 12.6. The largest absolute Gasteiger partial charge is 0.486 e. The number of thioether (sulfide) groups is 1. The van der Waals surface area contributed by atoms with Crippen molar-refractivity contribution in [1.29, 1.82) is 0 Å². The van der Waals surface area contributed by atoms with E-state index >= 15 is 0 Å². The molecule has 0 spiro atoms. The number of nitrogens with one attached hydrogen (secondary N) is 1. The van der Waals surface area contributed by atoms with Crippen molar-refractivity contribution in [1.82, 2.24) is 4.90 Å². The molecule has 21 heavy (non-hydrogen) atoms. The number of benzene rings is 1. The van der Waals surface area contributed by atoms with Gasteiger partial charge in [-0.3, -0.25) is 14.5 Å². The van der Waals surface area contributed by atoms with Crippen LogP contribution in [0.1, 0.15) is 0 Å². The number of carbonyl (C=O) groups is 2. The first-order chi connectivity index (χ1) is 10.1. The van der Waals surface area contributed by atoms with Crippen LogP contribution in [0, 0.1) is 0 Å². The molecule has 0 aliphatic carbocycles. The van der Waals surface area contributed by atoms with E-state index in [1.54, 1.807) is 18.2 Å². The summed E-state index contributed by atoms with van der Waals surface area (Å²) in [5, 5.41) is 2.72. The predicted molar refractivity (Wildman–Crippen MR) is 82.8 cm³/mol. The molecule has 2 heterocycles. The van der Waals surface area contributed by atoms with E-state index in [0.717, 1.165) is 0 Å². The van der Waals surface area contributed by atoms with Gasteiger partial charge in [-0.1, -0.05) is 24.0 Å². The predicted octanol–water partition coefficient (Wildman–Crippen LogP) is 1.26. The monoisotopic (exact) mass is 324 g/mol. The Balaban J connectivity index is 1.65. The molecule has 2 amide bonds. The van der Waals surface area contributed by atoms with Gasteiger partial charge in [-0.15, -0.1) is 0 Å². The topological polar surface area (TPSA) is 67.9 Å². The van der Waals surface area contributed by atoms with Crippen molar-refractivity contribution >= 4 is 45.8 Å². The molecule has 1 aromatic carbocycles. The third-order valence-corrected chi connectivity index (χ3v) is 4.40. The van der Waals surface area contributed by atoms with Crippen LogP contribution < -0.4 is 14.8 Å². The second-order valence-electron chi connectivity index (χ2n) is 4.44. The van der Waals surface area contributed by atoms with Crippen molar-refractivity contribution in [2.75, 3.05) is 30.8 Å². The smallest absolute Gasteiger partial charge is 0.244 e. The van der Waals surface area contributed by atoms with Crippen molar-refractivity contribution in [3.8, 4) is 11.5 Å². The summed E-state index contributed by atoms with van der Waals surface area (Å²) >= 11 is 6.30. The van der Waals surface area contributed by atoms with E-state index in [1.807, 2.05) is 0 Å². The fourth-order valence-electron chi connectivity index (χ4n) is 2.00. The number of rotatable bonds is 3. The van der Waals surface area contributed by atoms with Crippen LogP contribution in [0.4, 0.5) is 5.69 Å². The van der Waals surface area contributed by atoms with E-state index in [0.29, 0.717) is 40.5 Å². The third kappa shape index (κ3) is 3.11. The number of nitrogens with zero attached hydrogens (tertiary/aromatic N) is 1. The quantitative estimate of drug-likeness (QED) is 0.844. The lowest BCUT2D eigenvalue weighted by Gasteiger charge is -2.19. The standard InChI is InChI=1S/C13H12N2O4S2/c16-11(6-15-12(17)7-21-13(15)20)14-8-1-2-9-10(5-8)19-4-3-18-9/h1-2,5H,3-4,6-7H2,(H,14,16). The van der Waals surface area contributed by atoms with Gasteiger partial charge in [0, 0.05) is 11.8 Å². The summed E-state index contributed by atoms with van der Waals surface area (Å²) in [5.41, 5.74) is 0.592. The maximum atomic E-state index is 12.0. The first-order valence-electron chi connectivity index (χ1n) is 6.30. The molecular formula is C13H12N2O4S2. The highest BCUT2D eigenvalue weighted by atomic mass is 32.2. The minimum atomic E-state index is -0.301. The number of ether oxygens (including phenoxy) is 2. The first-order valence-corrected chi connectivity index (χ1v) is 7.69. The summed E-state index contributed by atoms with van der Waals surface area (Å²) < 4.78 is 11.3. The SMILES string of the molecule is O=C(CN1C(=O)CSC1=S)Nc1ccc2c(c1)OCCO2. The average Bonchev–Trinajstić information content (AvgIpc) is 2.79. The zero-order valence-electron chi connectivity index (χ0n) is 11.0. The summed E-state index contributed by atoms with van der Waals surface area (Å²) in [6.07, 6.45) is 0. The Morgan fingerprint density at radius 2 is 2.10 bits per heavy atom. The minimum Gasteiger partial charge on any atom is -0.486 e. The van der Waals surface area contributed by atoms with Crippen LogP contribution in [0.3, 0.4) is 0 Å². The Morgan fingerprint density at radius 3 is 2.81 bits per heavy atom. The molecule has 6 nitrogen and oxygen atoms in total. The average molecular weight is 324 g/mol. The Hall–Kier alpha value is -1.80. The number of carbonyl (C=O) groups excluding carboxylic acids is 2. The van der Waals surface area contributed by atoms with Gasteiger partial charge in [-0.2, -0.15) is 0 Å². The molecule has 0 atom stereocenters. The number of hydrogen-bond acceptors (Lipinski definition) is 6. The van der Waals surface area contributed by atoms with E-state index in [1.165, 1.54) is 16.7 Å². The van der Waals surface area contributed by atoms with E-state index in [9.17, 15) is 9.59 Å². The fraction of sp³-hybridized carbons (Fsp3) is 0.308. The molecule has 0 bridgehead atoms. The molecule has 2 aliphatic rings. The molecule has 110 valence electrons. The number of amides is 2. The van der Waals surface area contributed by atoms with E-state index in [4.69, 9.17) is 21.7 Å². The van der Waals surface area contributed by atoms with Crippen LogP contribution in [0.5, 0.6) is 11.5 Å². The number of thiocarbonyl (C=S) groups is 1. The maximum Gasteiger partial charge on any atom is 0.244 e. The number of fused-ring (bicyclic) bond motifs is 1. The van der Waals surface area contributed by atoms with Gasteiger partial charge < -0.3 is 14.8 Å². The molecule has 8 heteroatoms. The molecule has 0 aromatic heterocycles. The van der Waals surface area contributed by atoms with Crippen molar-refractivity contribution in [3.05, 3.63) is 18.2 Å². The summed E-state index contributed by atoms with van der Waals surface area (Å²) in [6.45, 7) is 0.933. The molecule has 3 rings (SSSR count). The zero-order chi connectivity index (χ0) is 14.8.